The van der Waals surface area contributed by atoms with Crippen LogP contribution in [0.1, 0.15) is 255 Å². The van der Waals surface area contributed by atoms with Crippen molar-refractivity contribution in [1.82, 2.24) is 0 Å². The molecule has 12 aliphatic carbocycles. The van der Waals surface area contributed by atoms with Gasteiger partial charge < -0.3 is 29.9 Å². The van der Waals surface area contributed by atoms with Crippen molar-refractivity contribution in [2.24, 2.45) is 139 Å². The van der Waals surface area contributed by atoms with Crippen molar-refractivity contribution in [3.8, 4) is 0 Å². The first kappa shape index (κ1) is 60.3. The van der Waals surface area contributed by atoms with Gasteiger partial charge in [-0.1, -0.05) is 62.3 Å². The summed E-state index contributed by atoms with van der Waals surface area (Å²) in [7, 11) is 0. The molecule has 4 N–H and O–H groups in total. The summed E-state index contributed by atoms with van der Waals surface area (Å²) in [4.78, 5) is 54.6. The molecule has 9 unspecified atom stereocenters. The molecule has 0 saturated heterocycles. The van der Waals surface area contributed by atoms with E-state index in [1.54, 1.807) is 0 Å². The minimum absolute atomic E-state index is 0.0537. The van der Waals surface area contributed by atoms with E-state index < -0.39 is 5.97 Å². The van der Waals surface area contributed by atoms with Crippen LogP contribution in [0.25, 0.3) is 0 Å². The summed E-state index contributed by atoms with van der Waals surface area (Å²) in [6.45, 7) is 22.1. The van der Waals surface area contributed by atoms with Crippen molar-refractivity contribution in [2.75, 3.05) is 0 Å². The maximum absolute atomic E-state index is 14.7. The minimum atomic E-state index is -0.715. The summed E-state index contributed by atoms with van der Waals surface area (Å²) in [5, 5.41) is 42.8. The molecule has 0 aromatic heterocycles. The molecule has 0 aromatic carbocycles. The molecule has 10 heteroatoms. The van der Waals surface area contributed by atoms with Crippen LogP contribution in [0.3, 0.4) is 0 Å². The normalized spacial score (nSPS) is 52.1. The van der Waals surface area contributed by atoms with Gasteiger partial charge in [0.25, 0.3) is 0 Å². The molecule has 0 aliphatic heterocycles. The van der Waals surface area contributed by atoms with E-state index in [0.717, 1.165) is 154 Å². The van der Waals surface area contributed by atoms with Crippen LogP contribution >= 0.6 is 0 Å². The van der Waals surface area contributed by atoms with Crippen molar-refractivity contribution in [2.45, 2.75) is 285 Å². The summed E-state index contributed by atoms with van der Waals surface area (Å²) in [5.41, 5.74) is 0.755. The van der Waals surface area contributed by atoms with Crippen LogP contribution in [0.4, 0.5) is 0 Å². The zero-order valence-electron chi connectivity index (χ0n) is 52.7. The van der Waals surface area contributed by atoms with Crippen LogP contribution in [0.5, 0.6) is 0 Å². The van der Waals surface area contributed by atoms with Crippen LogP contribution in [-0.4, -0.2) is 74.6 Å². The number of aliphatic carboxylic acids is 1. The lowest BCUT2D eigenvalue weighted by molar-refractivity contribution is -0.199. The average molecular weight is 1140 g/mol. The van der Waals surface area contributed by atoms with Gasteiger partial charge in [-0.2, -0.15) is 0 Å². The van der Waals surface area contributed by atoms with Gasteiger partial charge >= 0.3 is 17.9 Å². The number of aliphatic hydroxyl groups excluding tert-OH is 3. The van der Waals surface area contributed by atoms with Crippen molar-refractivity contribution in [3.63, 3.8) is 0 Å². The summed E-state index contributed by atoms with van der Waals surface area (Å²) in [5.74, 6) is 6.61. The standard InChI is InChI=1S/C72H114O10/c1-40(10-19-61(77)78)49-15-18-54-66-57(27-33-72(49,54)9)69(6)30-24-48(81-62(79)20-11-41(2)50-13-16-52-64-55(25-31-70(50,52)7)67(4)28-22-46(73)34-43(67)37-58(64)75)36-45(69)39-60(66)82-63(80)21-12-42(3)51-14-17-53-65-56(26-32-71(51,53)8)68(5)29-23-47(74)35-44(68)38-59(65)76/h40-57,59-60,64-66,73-74,76H,10-39H2,1-9H3,(H,77,78)/t40-,41-,42-,43?,44?,45?,46-,47+,48-,49-,50-,51-,52?,53?,54+,55?,56?,57+,59+,60-,64?,65?,66+,67+,68+,69+,70-,71-,72-/m1/s1. The topological polar surface area (TPSA) is 168 Å². The number of esters is 2. The summed E-state index contributed by atoms with van der Waals surface area (Å²) < 4.78 is 13.6. The second-order valence-corrected chi connectivity index (χ2v) is 34.0. The summed E-state index contributed by atoms with van der Waals surface area (Å²) in [6, 6.07) is 0. The number of aliphatic hydroxyl groups is 3. The second-order valence-electron chi connectivity index (χ2n) is 34.0. The number of fused-ring (bicyclic) bond motifs is 15. The number of hydrogen-bond acceptors (Lipinski definition) is 9. The lowest BCUT2D eigenvalue weighted by Gasteiger charge is -2.63. The third-order valence-corrected chi connectivity index (χ3v) is 31.0. The number of hydrogen-bond donors (Lipinski definition) is 4. The molecule has 12 fully saturated rings. The fourth-order valence-corrected chi connectivity index (χ4v) is 26.5. The number of carboxylic acids is 1. The van der Waals surface area contributed by atoms with Crippen molar-refractivity contribution in [3.05, 3.63) is 0 Å². The number of Topliss-reactive ketones (excluding diaryl/α,β-unsaturated/α-hetero) is 1. The Kier molecular flexibility index (Phi) is 16.3. The fourth-order valence-electron chi connectivity index (χ4n) is 26.5. The summed E-state index contributed by atoms with van der Waals surface area (Å²) in [6.07, 6.45) is 26.4. The fraction of sp³-hybridized carbons (Fsp3) is 0.944. The molecule has 10 nitrogen and oxygen atoms in total. The van der Waals surface area contributed by atoms with E-state index in [9.17, 15) is 39.6 Å². The Morgan fingerprint density at radius 1 is 0.463 bits per heavy atom. The first-order valence-corrected chi connectivity index (χ1v) is 35.0. The van der Waals surface area contributed by atoms with E-state index in [1.165, 1.54) is 6.42 Å². The number of ether oxygens (including phenoxy) is 2. The maximum atomic E-state index is 14.7. The van der Waals surface area contributed by atoms with Gasteiger partial charge in [0.05, 0.1) is 18.3 Å². The van der Waals surface area contributed by atoms with Gasteiger partial charge in [0.2, 0.25) is 0 Å². The highest BCUT2D eigenvalue weighted by Crippen LogP contribution is 2.72. The minimum Gasteiger partial charge on any atom is -0.481 e. The van der Waals surface area contributed by atoms with Crippen LogP contribution in [0.15, 0.2) is 0 Å². The van der Waals surface area contributed by atoms with E-state index in [1.807, 2.05) is 0 Å². The van der Waals surface area contributed by atoms with Gasteiger partial charge in [-0.3, -0.25) is 19.2 Å². The Balaban J connectivity index is 0.694. The molecular weight excluding hydrogens is 1020 g/mol. The Hall–Kier alpha value is -2.04. The first-order valence-electron chi connectivity index (χ1n) is 35.0. The molecule has 0 bridgehead atoms. The van der Waals surface area contributed by atoms with E-state index >= 15 is 0 Å². The molecule has 0 spiro atoms. The third-order valence-electron chi connectivity index (χ3n) is 31.0. The SMILES string of the molecule is C[C@H](CCC(=O)O)[C@H]1CC[C@H]2[C@@H]3[C@H](OC(=O)CC[C@@H](C)[C@H]4CCC5C6C(CC[C@@]54C)[C@@]4(C)CC[C@H](O)CC4C[C@@H]6O)CC4C[C@H](OC(=O)CC[C@@H](C)[C@H]5CCC6C7C(=O)CC8C[C@H](O)CC[C@]8(C)C7CC[C@@]65C)CC[C@]4(C)[C@H]3CC[C@]12C. The molecule has 12 saturated carbocycles. The highest BCUT2D eigenvalue weighted by Gasteiger charge is 2.67. The maximum Gasteiger partial charge on any atom is 0.306 e. The predicted molar refractivity (Wildman–Crippen MR) is 317 cm³/mol. The molecule has 12 aliphatic rings. The molecule has 0 heterocycles. The quantitative estimate of drug-likeness (QED) is 0.123. The Bertz CT molecular complexity index is 2390. The Labute approximate surface area is 495 Å². The van der Waals surface area contributed by atoms with E-state index in [2.05, 4.69) is 62.3 Å². The van der Waals surface area contributed by atoms with E-state index in [-0.39, 0.29) is 99.1 Å². The number of carbonyl (C=O) groups excluding carboxylic acids is 3. The van der Waals surface area contributed by atoms with Gasteiger partial charge in [0.15, 0.2) is 0 Å². The third kappa shape index (κ3) is 9.90. The second kappa shape index (κ2) is 22.2. The molecule has 82 heavy (non-hydrogen) atoms. The van der Waals surface area contributed by atoms with Crippen molar-refractivity contribution in [1.29, 1.82) is 0 Å². The van der Waals surface area contributed by atoms with Crippen LogP contribution < -0.4 is 0 Å². The zero-order valence-corrected chi connectivity index (χ0v) is 52.7. The number of rotatable bonds is 14. The van der Waals surface area contributed by atoms with Gasteiger partial charge in [0.1, 0.15) is 18.0 Å². The molecule has 0 amide bonds. The summed E-state index contributed by atoms with van der Waals surface area (Å²) >= 11 is 0. The van der Waals surface area contributed by atoms with Crippen molar-refractivity contribution < 1.29 is 49.1 Å². The van der Waals surface area contributed by atoms with Gasteiger partial charge in [-0.05, 0) is 294 Å². The molecule has 0 aromatic rings. The predicted octanol–water partition coefficient (Wildman–Crippen LogP) is 14.6. The van der Waals surface area contributed by atoms with Crippen molar-refractivity contribution >= 4 is 23.7 Å². The van der Waals surface area contributed by atoms with E-state index in [0.29, 0.717) is 120 Å². The van der Waals surface area contributed by atoms with Crippen LogP contribution in [-0.2, 0) is 28.7 Å². The smallest absolute Gasteiger partial charge is 0.306 e. The number of carbonyl (C=O) groups is 4. The van der Waals surface area contributed by atoms with Crippen LogP contribution in [0.2, 0.25) is 0 Å². The Morgan fingerprint density at radius 2 is 0.878 bits per heavy atom. The van der Waals surface area contributed by atoms with Gasteiger partial charge in [-0.25, -0.2) is 0 Å². The molecule has 462 valence electrons. The number of carboxylic acid groups (broad SMARTS) is 1. The average Bonchev–Trinajstić information content (AvgIpc) is 1.67. The van der Waals surface area contributed by atoms with Crippen LogP contribution in [0, 0.1) is 139 Å². The molecule has 0 radical (unpaired) electrons. The lowest BCUT2D eigenvalue weighted by atomic mass is 9.43. The highest BCUT2D eigenvalue weighted by atomic mass is 16.5. The molecule has 29 atom stereocenters. The van der Waals surface area contributed by atoms with E-state index in [4.69, 9.17) is 9.47 Å². The molecule has 12 rings (SSSR count). The lowest BCUT2D eigenvalue weighted by Crippen LogP contribution is -2.59. The highest BCUT2D eigenvalue weighted by molar-refractivity contribution is 5.83. The molecular formula is C72H114O10. The largest absolute Gasteiger partial charge is 0.481 e. The van der Waals surface area contributed by atoms with Gasteiger partial charge in [0, 0.05) is 37.5 Å². The first-order chi connectivity index (χ1) is 38.8. The van der Waals surface area contributed by atoms with Gasteiger partial charge in [-0.15, -0.1) is 0 Å². The number of ketones is 1. The Morgan fingerprint density at radius 3 is 1.45 bits per heavy atom. The zero-order chi connectivity index (χ0) is 58.2. The monoisotopic (exact) mass is 1140 g/mol.